The molecule has 6 heteroatoms. The first kappa shape index (κ1) is 19.8. The van der Waals surface area contributed by atoms with Gasteiger partial charge >= 0.3 is 0 Å². The van der Waals surface area contributed by atoms with Crippen LogP contribution in [0.15, 0.2) is 84.0 Å². The van der Waals surface area contributed by atoms with E-state index < -0.39 is 0 Å². The number of nitrogens with zero attached hydrogens (tertiary/aromatic N) is 1. The van der Waals surface area contributed by atoms with Crippen molar-refractivity contribution in [3.63, 3.8) is 0 Å². The highest BCUT2D eigenvalue weighted by atomic mass is 16.5. The lowest BCUT2D eigenvalue weighted by molar-refractivity contribution is -0.114. The molecule has 0 spiro atoms. The van der Waals surface area contributed by atoms with Crippen LogP contribution in [0.2, 0.25) is 0 Å². The molecule has 0 heterocycles. The minimum atomic E-state index is -0.341. The van der Waals surface area contributed by atoms with Crippen molar-refractivity contribution in [2.45, 2.75) is 13.5 Å². The van der Waals surface area contributed by atoms with Crippen LogP contribution >= 0.6 is 0 Å². The number of nitrogens with one attached hydrogen (secondary N) is 2. The third kappa shape index (κ3) is 6.32. The maximum Gasteiger partial charge on any atom is 0.271 e. The maximum absolute atomic E-state index is 12.2. The molecule has 0 atom stereocenters. The molecule has 6 nitrogen and oxygen atoms in total. The SMILES string of the molecule is CC(=O)Nc1ccc(C(=O)N/N=C\c2cccc(OCc3ccccc3)c2)cc1. The van der Waals surface area contributed by atoms with Gasteiger partial charge in [-0.25, -0.2) is 5.43 Å². The molecule has 0 unspecified atom stereocenters. The highest BCUT2D eigenvalue weighted by Gasteiger charge is 2.04. The van der Waals surface area contributed by atoms with Gasteiger partial charge in [0, 0.05) is 18.2 Å². The molecular formula is C23H21N3O3. The summed E-state index contributed by atoms with van der Waals surface area (Å²) in [7, 11) is 0. The predicted octanol–water partition coefficient (Wildman–Crippen LogP) is 3.99. The van der Waals surface area contributed by atoms with Gasteiger partial charge in [-0.2, -0.15) is 5.10 Å². The third-order valence-electron chi connectivity index (χ3n) is 3.95. The molecule has 0 saturated carbocycles. The number of benzene rings is 3. The first-order chi connectivity index (χ1) is 14.1. The van der Waals surface area contributed by atoms with E-state index in [1.807, 2.05) is 54.6 Å². The van der Waals surface area contributed by atoms with E-state index in [4.69, 9.17) is 4.74 Å². The summed E-state index contributed by atoms with van der Waals surface area (Å²) in [6.45, 7) is 1.91. The van der Waals surface area contributed by atoms with E-state index in [2.05, 4.69) is 15.8 Å². The fraction of sp³-hybridized carbons (Fsp3) is 0.0870. The van der Waals surface area contributed by atoms with E-state index in [0.29, 0.717) is 17.9 Å². The van der Waals surface area contributed by atoms with E-state index in [1.165, 1.54) is 6.92 Å². The Labute approximate surface area is 169 Å². The zero-order chi connectivity index (χ0) is 20.5. The quantitative estimate of drug-likeness (QED) is 0.475. The Bertz CT molecular complexity index is 999. The lowest BCUT2D eigenvalue weighted by Gasteiger charge is -2.07. The standard InChI is InChI=1S/C23H21N3O3/c1-17(27)25-21-12-10-20(11-13-21)23(28)26-24-15-19-8-5-9-22(14-19)29-16-18-6-3-2-4-7-18/h2-15H,16H2,1H3,(H,25,27)(H,26,28)/b24-15-. The highest BCUT2D eigenvalue weighted by Crippen LogP contribution is 2.14. The molecule has 0 radical (unpaired) electrons. The number of hydrogen-bond acceptors (Lipinski definition) is 4. The normalized spacial score (nSPS) is 10.5. The molecule has 0 aliphatic rings. The molecule has 0 aliphatic heterocycles. The zero-order valence-corrected chi connectivity index (χ0v) is 16.0. The first-order valence-electron chi connectivity index (χ1n) is 9.08. The van der Waals surface area contributed by atoms with Crippen molar-refractivity contribution in [2.24, 2.45) is 5.10 Å². The Balaban J connectivity index is 1.54. The predicted molar refractivity (Wildman–Crippen MR) is 113 cm³/mol. The minimum absolute atomic E-state index is 0.165. The molecular weight excluding hydrogens is 366 g/mol. The molecule has 0 saturated heterocycles. The average Bonchev–Trinajstić information content (AvgIpc) is 2.73. The van der Waals surface area contributed by atoms with Crippen LogP contribution in [0.3, 0.4) is 0 Å². The molecule has 3 aromatic carbocycles. The number of carbonyl (C=O) groups is 2. The summed E-state index contributed by atoms with van der Waals surface area (Å²) < 4.78 is 5.79. The third-order valence-corrected chi connectivity index (χ3v) is 3.95. The maximum atomic E-state index is 12.2. The van der Waals surface area contributed by atoms with Crippen molar-refractivity contribution in [3.05, 3.63) is 95.6 Å². The Kier molecular flexibility index (Phi) is 6.73. The Morgan fingerprint density at radius 2 is 1.72 bits per heavy atom. The Morgan fingerprint density at radius 3 is 2.45 bits per heavy atom. The van der Waals surface area contributed by atoms with Gasteiger partial charge in [0.2, 0.25) is 5.91 Å². The topological polar surface area (TPSA) is 79.8 Å². The van der Waals surface area contributed by atoms with Gasteiger partial charge in [-0.3, -0.25) is 9.59 Å². The van der Waals surface area contributed by atoms with Gasteiger partial charge in [0.05, 0.1) is 6.21 Å². The van der Waals surface area contributed by atoms with Crippen LogP contribution in [-0.2, 0) is 11.4 Å². The second kappa shape index (κ2) is 9.85. The molecule has 2 amide bonds. The fourth-order valence-electron chi connectivity index (χ4n) is 2.56. The van der Waals surface area contributed by atoms with E-state index in [1.54, 1.807) is 30.5 Å². The second-order valence-electron chi connectivity index (χ2n) is 6.30. The van der Waals surface area contributed by atoms with Crippen molar-refractivity contribution in [2.75, 3.05) is 5.32 Å². The molecule has 29 heavy (non-hydrogen) atoms. The van der Waals surface area contributed by atoms with E-state index in [-0.39, 0.29) is 11.8 Å². The lowest BCUT2D eigenvalue weighted by Crippen LogP contribution is -2.17. The Hall–Kier alpha value is -3.93. The lowest BCUT2D eigenvalue weighted by atomic mass is 10.2. The van der Waals surface area contributed by atoms with E-state index >= 15 is 0 Å². The van der Waals surface area contributed by atoms with Crippen LogP contribution < -0.4 is 15.5 Å². The van der Waals surface area contributed by atoms with E-state index in [0.717, 1.165) is 16.9 Å². The summed E-state index contributed by atoms with van der Waals surface area (Å²) in [6.07, 6.45) is 1.55. The number of rotatable bonds is 7. The summed E-state index contributed by atoms with van der Waals surface area (Å²) in [4.78, 5) is 23.2. The molecule has 3 rings (SSSR count). The molecule has 2 N–H and O–H groups in total. The number of hydrogen-bond donors (Lipinski definition) is 2. The van der Waals surface area contributed by atoms with E-state index in [9.17, 15) is 9.59 Å². The largest absolute Gasteiger partial charge is 0.489 e. The summed E-state index contributed by atoms with van der Waals surface area (Å²) in [5, 5.41) is 6.65. The second-order valence-corrected chi connectivity index (χ2v) is 6.30. The molecule has 3 aromatic rings. The Morgan fingerprint density at radius 1 is 0.966 bits per heavy atom. The van der Waals surface area contributed by atoms with Gasteiger partial charge in [0.1, 0.15) is 12.4 Å². The van der Waals surface area contributed by atoms with Crippen LogP contribution in [0.25, 0.3) is 0 Å². The van der Waals surface area contributed by atoms with Gasteiger partial charge in [-0.05, 0) is 47.5 Å². The summed E-state index contributed by atoms with van der Waals surface area (Å²) in [6, 6.07) is 23.9. The number of hydrazone groups is 1. The van der Waals surface area contributed by atoms with Crippen molar-refractivity contribution in [1.82, 2.24) is 5.43 Å². The van der Waals surface area contributed by atoms with Gasteiger partial charge in [-0.1, -0.05) is 42.5 Å². The molecule has 0 aromatic heterocycles. The number of anilines is 1. The zero-order valence-electron chi connectivity index (χ0n) is 16.0. The van der Waals surface area contributed by atoms with Crippen LogP contribution in [0.4, 0.5) is 5.69 Å². The van der Waals surface area contributed by atoms with Gasteiger partial charge in [0.25, 0.3) is 5.91 Å². The molecule has 0 aliphatic carbocycles. The van der Waals surface area contributed by atoms with Crippen molar-refractivity contribution in [3.8, 4) is 5.75 Å². The summed E-state index contributed by atoms with van der Waals surface area (Å²) in [5.41, 5.74) is 5.45. The van der Waals surface area contributed by atoms with Crippen LogP contribution in [0.1, 0.15) is 28.4 Å². The van der Waals surface area contributed by atoms with Crippen LogP contribution in [0, 0.1) is 0 Å². The minimum Gasteiger partial charge on any atom is -0.489 e. The van der Waals surface area contributed by atoms with Crippen molar-refractivity contribution < 1.29 is 14.3 Å². The molecule has 0 bridgehead atoms. The van der Waals surface area contributed by atoms with Crippen LogP contribution in [-0.4, -0.2) is 18.0 Å². The van der Waals surface area contributed by atoms with Crippen LogP contribution in [0.5, 0.6) is 5.75 Å². The average molecular weight is 387 g/mol. The molecule has 146 valence electrons. The van der Waals surface area contributed by atoms with Gasteiger partial charge in [0.15, 0.2) is 0 Å². The monoisotopic (exact) mass is 387 g/mol. The van der Waals surface area contributed by atoms with Gasteiger partial charge < -0.3 is 10.1 Å². The summed E-state index contributed by atoms with van der Waals surface area (Å²) in [5.74, 6) is 0.214. The smallest absolute Gasteiger partial charge is 0.271 e. The highest BCUT2D eigenvalue weighted by molar-refractivity contribution is 5.96. The molecule has 0 fully saturated rings. The van der Waals surface area contributed by atoms with Crippen molar-refractivity contribution in [1.29, 1.82) is 0 Å². The number of amides is 2. The first-order valence-corrected chi connectivity index (χ1v) is 9.08. The number of carbonyl (C=O) groups excluding carboxylic acids is 2. The summed E-state index contributed by atoms with van der Waals surface area (Å²) >= 11 is 0. The fourth-order valence-corrected chi connectivity index (χ4v) is 2.56. The van der Waals surface area contributed by atoms with Crippen molar-refractivity contribution >= 4 is 23.7 Å². The van der Waals surface area contributed by atoms with Gasteiger partial charge in [-0.15, -0.1) is 0 Å². The number of ether oxygens (including phenoxy) is 1.